The Morgan fingerprint density at radius 3 is 2.46 bits per heavy atom. The van der Waals surface area contributed by atoms with Gasteiger partial charge in [-0.25, -0.2) is 9.97 Å². The van der Waals surface area contributed by atoms with Gasteiger partial charge < -0.3 is 10.1 Å². The van der Waals surface area contributed by atoms with Crippen molar-refractivity contribution in [2.24, 2.45) is 0 Å². The first-order chi connectivity index (χ1) is 11.3. The molecule has 5 nitrogen and oxygen atoms in total. The summed E-state index contributed by atoms with van der Waals surface area (Å²) in [5.41, 5.74) is 1.63. The largest absolute Gasteiger partial charge is 0.367 e. The first-order valence-corrected chi connectivity index (χ1v) is 8.54. The maximum atomic E-state index is 6.18. The quantitative estimate of drug-likeness (QED) is 0.924. The molecule has 3 rings (SSSR count). The fourth-order valence-corrected chi connectivity index (χ4v) is 3.35. The Balaban J connectivity index is 1.91. The number of aryl methyl sites for hydroxylation is 1. The summed E-state index contributed by atoms with van der Waals surface area (Å²) < 4.78 is 6.18. The van der Waals surface area contributed by atoms with E-state index in [1.165, 1.54) is 0 Å². The molecule has 0 saturated carbocycles. The fraction of sp³-hybridized carbons (Fsp3) is 0.526. The average molecular weight is 326 g/mol. The molecule has 1 aliphatic heterocycles. The predicted molar refractivity (Wildman–Crippen MR) is 95.9 cm³/mol. The van der Waals surface area contributed by atoms with Crippen molar-refractivity contribution in [2.45, 2.75) is 64.7 Å². The highest BCUT2D eigenvalue weighted by Gasteiger charge is 2.46. The molecule has 2 aromatic rings. The van der Waals surface area contributed by atoms with E-state index in [0.29, 0.717) is 0 Å². The van der Waals surface area contributed by atoms with Crippen molar-refractivity contribution in [1.29, 1.82) is 0 Å². The number of hydrogen-bond acceptors (Lipinski definition) is 5. The topological polar surface area (TPSA) is 59.9 Å². The van der Waals surface area contributed by atoms with Gasteiger partial charge >= 0.3 is 0 Å². The van der Waals surface area contributed by atoms with E-state index in [0.717, 1.165) is 35.7 Å². The van der Waals surface area contributed by atoms with Crippen molar-refractivity contribution in [3.05, 3.63) is 36.3 Å². The summed E-state index contributed by atoms with van der Waals surface area (Å²) in [5.74, 6) is 1.59. The number of aromatic nitrogens is 3. The van der Waals surface area contributed by atoms with Crippen LogP contribution in [0.15, 0.2) is 30.6 Å². The lowest BCUT2D eigenvalue weighted by molar-refractivity contribution is -0.0662. The summed E-state index contributed by atoms with van der Waals surface area (Å²) in [6, 6.07) is 6.11. The van der Waals surface area contributed by atoms with E-state index in [1.807, 2.05) is 18.2 Å². The van der Waals surface area contributed by atoms with Gasteiger partial charge in [0.15, 0.2) is 5.82 Å². The molecule has 3 heterocycles. The molecule has 1 unspecified atom stereocenters. The van der Waals surface area contributed by atoms with Gasteiger partial charge in [0.1, 0.15) is 5.82 Å². The van der Waals surface area contributed by atoms with Gasteiger partial charge in [-0.05, 0) is 52.7 Å². The zero-order chi connectivity index (χ0) is 17.4. The Bertz CT molecular complexity index is 713. The number of pyridine rings is 1. The molecule has 5 heteroatoms. The molecule has 0 amide bonds. The third-order valence-corrected chi connectivity index (χ3v) is 4.48. The molecular formula is C19H26N4O. The van der Waals surface area contributed by atoms with Gasteiger partial charge in [0.25, 0.3) is 0 Å². The number of hydrogen-bond donors (Lipinski definition) is 1. The van der Waals surface area contributed by atoms with Crippen molar-refractivity contribution >= 4 is 5.82 Å². The zero-order valence-corrected chi connectivity index (χ0v) is 15.1. The molecule has 1 saturated heterocycles. The van der Waals surface area contributed by atoms with Crippen molar-refractivity contribution in [2.75, 3.05) is 5.32 Å². The molecule has 1 fully saturated rings. The highest BCUT2D eigenvalue weighted by atomic mass is 16.5. The average Bonchev–Trinajstić information content (AvgIpc) is 2.74. The van der Waals surface area contributed by atoms with Gasteiger partial charge in [0.2, 0.25) is 0 Å². The minimum Gasteiger partial charge on any atom is -0.367 e. The molecule has 0 radical (unpaired) electrons. The van der Waals surface area contributed by atoms with Crippen molar-refractivity contribution in [3.63, 3.8) is 0 Å². The lowest BCUT2D eigenvalue weighted by Gasteiger charge is -2.28. The van der Waals surface area contributed by atoms with E-state index in [4.69, 9.17) is 9.72 Å². The molecule has 1 atom stereocenters. The van der Waals surface area contributed by atoms with Crippen molar-refractivity contribution < 1.29 is 4.74 Å². The monoisotopic (exact) mass is 326 g/mol. The Labute approximate surface area is 143 Å². The van der Waals surface area contributed by atoms with Crippen LogP contribution >= 0.6 is 0 Å². The molecule has 0 aromatic carbocycles. The van der Waals surface area contributed by atoms with Crippen LogP contribution in [0, 0.1) is 0 Å². The van der Waals surface area contributed by atoms with Gasteiger partial charge in [-0.2, -0.15) is 0 Å². The Morgan fingerprint density at radius 2 is 1.88 bits per heavy atom. The summed E-state index contributed by atoms with van der Waals surface area (Å²) >= 11 is 0. The summed E-state index contributed by atoms with van der Waals surface area (Å²) in [5, 5.41) is 3.58. The second kappa shape index (κ2) is 6.13. The van der Waals surface area contributed by atoms with E-state index >= 15 is 0 Å². The minimum absolute atomic E-state index is 0.129. The van der Waals surface area contributed by atoms with E-state index < -0.39 is 0 Å². The third kappa shape index (κ3) is 3.56. The van der Waals surface area contributed by atoms with Gasteiger partial charge in [-0.1, -0.05) is 6.92 Å². The summed E-state index contributed by atoms with van der Waals surface area (Å²) in [7, 11) is 0. The SMILES string of the molecule is CCc1cc(NC2CC(C)(C)OC2(C)C)nc(-c2ccncc2)n1. The lowest BCUT2D eigenvalue weighted by Crippen LogP contribution is -2.38. The number of anilines is 1. The van der Waals surface area contributed by atoms with Crippen molar-refractivity contribution in [1.82, 2.24) is 15.0 Å². The minimum atomic E-state index is -0.238. The van der Waals surface area contributed by atoms with E-state index in [2.05, 4.69) is 49.9 Å². The molecule has 24 heavy (non-hydrogen) atoms. The van der Waals surface area contributed by atoms with E-state index in [1.54, 1.807) is 12.4 Å². The standard InChI is InChI=1S/C19H26N4O/c1-6-14-11-16(22-15-12-18(2,3)24-19(15,4)5)23-17(21-14)13-7-9-20-10-8-13/h7-11,15H,6,12H2,1-5H3,(H,21,22,23). The first kappa shape index (κ1) is 16.8. The molecule has 0 aliphatic carbocycles. The smallest absolute Gasteiger partial charge is 0.161 e. The van der Waals surface area contributed by atoms with Crippen LogP contribution in [-0.4, -0.2) is 32.2 Å². The maximum Gasteiger partial charge on any atom is 0.161 e. The second-order valence-electron chi connectivity index (χ2n) is 7.52. The molecule has 1 aliphatic rings. The number of nitrogens with zero attached hydrogens (tertiary/aromatic N) is 3. The third-order valence-electron chi connectivity index (χ3n) is 4.48. The highest BCUT2D eigenvalue weighted by molar-refractivity contribution is 5.57. The van der Waals surface area contributed by atoms with Gasteiger partial charge in [0.05, 0.1) is 17.2 Å². The number of nitrogens with one attached hydrogen (secondary N) is 1. The Kier molecular flexibility index (Phi) is 4.30. The van der Waals surface area contributed by atoms with Crippen LogP contribution in [0.4, 0.5) is 5.82 Å². The summed E-state index contributed by atoms with van der Waals surface area (Å²) in [4.78, 5) is 13.4. The van der Waals surface area contributed by atoms with Crippen LogP contribution in [-0.2, 0) is 11.2 Å². The summed E-state index contributed by atoms with van der Waals surface area (Å²) in [6.45, 7) is 10.6. The van der Waals surface area contributed by atoms with Crippen LogP contribution in [0.1, 0.15) is 46.7 Å². The van der Waals surface area contributed by atoms with Gasteiger partial charge in [0, 0.05) is 29.7 Å². The zero-order valence-electron chi connectivity index (χ0n) is 15.1. The molecule has 128 valence electrons. The van der Waals surface area contributed by atoms with Crippen LogP contribution in [0.25, 0.3) is 11.4 Å². The number of ether oxygens (including phenoxy) is 1. The van der Waals surface area contributed by atoms with Gasteiger partial charge in [-0.15, -0.1) is 0 Å². The Hall–Kier alpha value is -2.01. The molecular weight excluding hydrogens is 300 g/mol. The van der Waals surface area contributed by atoms with Crippen LogP contribution in [0.3, 0.4) is 0 Å². The maximum absolute atomic E-state index is 6.18. The van der Waals surface area contributed by atoms with Crippen LogP contribution in [0.2, 0.25) is 0 Å². The predicted octanol–water partition coefficient (Wildman–Crippen LogP) is 3.86. The summed E-state index contributed by atoms with van der Waals surface area (Å²) in [6.07, 6.45) is 5.34. The van der Waals surface area contributed by atoms with E-state index in [9.17, 15) is 0 Å². The van der Waals surface area contributed by atoms with E-state index in [-0.39, 0.29) is 17.2 Å². The van der Waals surface area contributed by atoms with Crippen molar-refractivity contribution in [3.8, 4) is 11.4 Å². The number of rotatable bonds is 4. The second-order valence-corrected chi connectivity index (χ2v) is 7.52. The van der Waals surface area contributed by atoms with Crippen LogP contribution < -0.4 is 5.32 Å². The highest BCUT2D eigenvalue weighted by Crippen LogP contribution is 2.38. The molecule has 0 bridgehead atoms. The molecule has 1 N–H and O–H groups in total. The lowest BCUT2D eigenvalue weighted by atomic mass is 9.94. The fourth-order valence-electron chi connectivity index (χ4n) is 3.35. The van der Waals surface area contributed by atoms with Gasteiger partial charge in [-0.3, -0.25) is 4.98 Å². The Morgan fingerprint density at radius 1 is 1.17 bits per heavy atom. The molecule has 0 spiro atoms. The normalized spacial score (nSPS) is 21.6. The van der Waals surface area contributed by atoms with Crippen LogP contribution in [0.5, 0.6) is 0 Å². The molecule has 2 aromatic heterocycles. The first-order valence-electron chi connectivity index (χ1n) is 8.54.